The summed E-state index contributed by atoms with van der Waals surface area (Å²) in [6.45, 7) is 8.55. The molecule has 0 bridgehead atoms. The molecule has 2 aromatic rings. The summed E-state index contributed by atoms with van der Waals surface area (Å²) >= 11 is 0. The molecule has 0 fully saturated rings. The van der Waals surface area contributed by atoms with Gasteiger partial charge in [0.15, 0.2) is 0 Å². The minimum Gasteiger partial charge on any atom is -0.491 e. The SMILES string of the molecule is CCCCCCCCc1cccc(OC(C)CCOC(=O)C(C)CC[N+](C)(C)Cc2ccccc2)c1. The number of carbonyl (C=O) groups is 1. The van der Waals surface area contributed by atoms with Crippen LogP contribution in [0.3, 0.4) is 0 Å². The van der Waals surface area contributed by atoms with Crippen molar-refractivity contribution in [3.05, 3.63) is 65.7 Å². The first-order chi connectivity index (χ1) is 17.3. The van der Waals surface area contributed by atoms with Crippen molar-refractivity contribution in [1.29, 1.82) is 0 Å². The monoisotopic (exact) mass is 496 g/mol. The van der Waals surface area contributed by atoms with Gasteiger partial charge < -0.3 is 14.0 Å². The quantitative estimate of drug-likeness (QED) is 0.121. The summed E-state index contributed by atoms with van der Waals surface area (Å²) in [4.78, 5) is 12.5. The van der Waals surface area contributed by atoms with Gasteiger partial charge in [-0.1, -0.05) is 88.4 Å². The molecule has 0 saturated carbocycles. The standard InChI is InChI=1S/C32H50NO3/c1-6-7-8-9-10-12-16-29-19-15-20-31(25-29)36-28(3)22-24-35-32(34)27(2)21-23-33(4,5)26-30-17-13-11-14-18-30/h11,13-15,17-20,25,27-28H,6-10,12,16,21-24,26H2,1-5H3/q+1. The third-order valence-electron chi connectivity index (χ3n) is 6.85. The lowest BCUT2D eigenvalue weighted by atomic mass is 10.0. The lowest BCUT2D eigenvalue weighted by Gasteiger charge is -2.30. The number of hydrogen-bond acceptors (Lipinski definition) is 3. The molecular formula is C32H50NO3+. The van der Waals surface area contributed by atoms with Gasteiger partial charge in [-0.25, -0.2) is 0 Å². The van der Waals surface area contributed by atoms with E-state index in [1.807, 2.05) is 26.0 Å². The average Bonchev–Trinajstić information content (AvgIpc) is 2.85. The minimum absolute atomic E-state index is 0.00104. The van der Waals surface area contributed by atoms with E-state index in [2.05, 4.69) is 63.5 Å². The van der Waals surface area contributed by atoms with E-state index in [1.165, 1.54) is 49.7 Å². The van der Waals surface area contributed by atoms with E-state index in [4.69, 9.17) is 9.47 Å². The van der Waals surface area contributed by atoms with E-state index in [0.29, 0.717) is 13.0 Å². The molecular weight excluding hydrogens is 446 g/mol. The van der Waals surface area contributed by atoms with Crippen LogP contribution < -0.4 is 4.74 Å². The zero-order chi connectivity index (χ0) is 26.2. The first kappa shape index (κ1) is 29.9. The van der Waals surface area contributed by atoms with Crippen molar-refractivity contribution < 1.29 is 18.8 Å². The fraction of sp³-hybridized carbons (Fsp3) is 0.594. The molecule has 0 aliphatic rings. The van der Waals surface area contributed by atoms with Crippen LogP contribution in [0.15, 0.2) is 54.6 Å². The smallest absolute Gasteiger partial charge is 0.308 e. The summed E-state index contributed by atoms with van der Waals surface area (Å²) in [6.07, 6.45) is 10.5. The maximum absolute atomic E-state index is 12.5. The average molecular weight is 497 g/mol. The number of nitrogens with zero attached hydrogens (tertiary/aromatic N) is 1. The molecule has 4 heteroatoms. The van der Waals surface area contributed by atoms with E-state index >= 15 is 0 Å². The summed E-state index contributed by atoms with van der Waals surface area (Å²) in [7, 11) is 4.43. The molecule has 2 rings (SSSR count). The molecule has 0 aliphatic carbocycles. The van der Waals surface area contributed by atoms with Gasteiger partial charge in [-0.2, -0.15) is 0 Å². The van der Waals surface area contributed by atoms with Gasteiger partial charge in [0, 0.05) is 18.4 Å². The van der Waals surface area contributed by atoms with Gasteiger partial charge in [0.2, 0.25) is 0 Å². The summed E-state index contributed by atoms with van der Waals surface area (Å²) in [6, 6.07) is 19.0. The number of benzene rings is 2. The Labute approximate surface area is 220 Å². The van der Waals surface area contributed by atoms with Gasteiger partial charge in [0.1, 0.15) is 12.3 Å². The van der Waals surface area contributed by atoms with Crippen LogP contribution >= 0.6 is 0 Å². The number of aryl methyl sites for hydroxylation is 1. The van der Waals surface area contributed by atoms with E-state index in [1.54, 1.807) is 0 Å². The van der Waals surface area contributed by atoms with Crippen LogP contribution in [0.2, 0.25) is 0 Å². The zero-order valence-electron chi connectivity index (χ0n) is 23.5. The van der Waals surface area contributed by atoms with Crippen molar-refractivity contribution in [3.8, 4) is 5.75 Å². The zero-order valence-corrected chi connectivity index (χ0v) is 23.5. The maximum atomic E-state index is 12.5. The third-order valence-corrected chi connectivity index (χ3v) is 6.85. The molecule has 2 unspecified atom stereocenters. The molecule has 0 amide bonds. The summed E-state index contributed by atoms with van der Waals surface area (Å²) < 4.78 is 12.6. The number of esters is 1. The van der Waals surface area contributed by atoms with Crippen LogP contribution in [0.5, 0.6) is 5.75 Å². The second-order valence-electron chi connectivity index (χ2n) is 11.0. The Balaban J connectivity index is 1.64. The number of carbonyl (C=O) groups excluding carboxylic acids is 1. The molecule has 0 aliphatic heterocycles. The molecule has 0 radical (unpaired) electrons. The first-order valence-electron chi connectivity index (χ1n) is 14.1. The van der Waals surface area contributed by atoms with Crippen LogP contribution in [0.1, 0.15) is 83.3 Å². The van der Waals surface area contributed by atoms with Crippen LogP contribution in [0.4, 0.5) is 0 Å². The van der Waals surface area contributed by atoms with Crippen LogP contribution in [-0.2, 0) is 22.5 Å². The van der Waals surface area contributed by atoms with E-state index in [-0.39, 0.29) is 18.0 Å². The molecule has 0 N–H and O–H groups in total. The van der Waals surface area contributed by atoms with Gasteiger partial charge in [0.25, 0.3) is 0 Å². The Kier molecular flexibility index (Phi) is 13.6. The van der Waals surface area contributed by atoms with Crippen LogP contribution in [0, 0.1) is 5.92 Å². The van der Waals surface area contributed by atoms with Crippen molar-refractivity contribution in [2.45, 2.75) is 91.2 Å². The number of quaternary nitrogens is 1. The largest absolute Gasteiger partial charge is 0.491 e. The molecule has 0 spiro atoms. The Morgan fingerprint density at radius 2 is 1.56 bits per heavy atom. The predicted octanol–water partition coefficient (Wildman–Crippen LogP) is 7.59. The Morgan fingerprint density at radius 1 is 0.861 bits per heavy atom. The maximum Gasteiger partial charge on any atom is 0.308 e. The van der Waals surface area contributed by atoms with E-state index in [9.17, 15) is 4.79 Å². The number of hydrogen-bond donors (Lipinski definition) is 0. The van der Waals surface area contributed by atoms with Crippen molar-refractivity contribution in [1.82, 2.24) is 0 Å². The summed E-state index contributed by atoms with van der Waals surface area (Å²) in [5.41, 5.74) is 2.66. The molecule has 0 heterocycles. The van der Waals surface area contributed by atoms with E-state index < -0.39 is 0 Å². The van der Waals surface area contributed by atoms with Crippen LogP contribution in [-0.4, -0.2) is 43.8 Å². The van der Waals surface area contributed by atoms with Crippen molar-refractivity contribution in [3.63, 3.8) is 0 Å². The van der Waals surface area contributed by atoms with Crippen molar-refractivity contribution >= 4 is 5.97 Å². The lowest BCUT2D eigenvalue weighted by Crippen LogP contribution is -2.40. The third kappa shape index (κ3) is 12.6. The van der Waals surface area contributed by atoms with E-state index in [0.717, 1.165) is 36.2 Å². The normalized spacial score (nSPS) is 13.2. The van der Waals surface area contributed by atoms with Gasteiger partial charge in [-0.3, -0.25) is 4.79 Å². The highest BCUT2D eigenvalue weighted by molar-refractivity contribution is 5.71. The highest BCUT2D eigenvalue weighted by Crippen LogP contribution is 2.19. The molecule has 0 aromatic heterocycles. The molecule has 2 aromatic carbocycles. The Hall–Kier alpha value is -2.33. The molecule has 200 valence electrons. The van der Waals surface area contributed by atoms with Crippen molar-refractivity contribution in [2.24, 2.45) is 5.92 Å². The molecule has 4 nitrogen and oxygen atoms in total. The molecule has 0 saturated heterocycles. The number of ether oxygens (including phenoxy) is 2. The molecule has 36 heavy (non-hydrogen) atoms. The van der Waals surface area contributed by atoms with Gasteiger partial charge in [-0.05, 0) is 37.5 Å². The number of rotatable bonds is 18. The van der Waals surface area contributed by atoms with Gasteiger partial charge >= 0.3 is 5.97 Å². The van der Waals surface area contributed by atoms with Gasteiger partial charge in [-0.15, -0.1) is 0 Å². The summed E-state index contributed by atoms with van der Waals surface area (Å²) in [5.74, 6) is 0.694. The second-order valence-corrected chi connectivity index (χ2v) is 11.0. The fourth-order valence-corrected chi connectivity index (χ4v) is 4.46. The second kappa shape index (κ2) is 16.4. The lowest BCUT2D eigenvalue weighted by molar-refractivity contribution is -0.904. The first-order valence-corrected chi connectivity index (χ1v) is 14.1. The predicted molar refractivity (Wildman–Crippen MR) is 150 cm³/mol. The Morgan fingerprint density at radius 3 is 2.31 bits per heavy atom. The fourth-order valence-electron chi connectivity index (χ4n) is 4.46. The van der Waals surface area contributed by atoms with Gasteiger partial charge in [0.05, 0.1) is 39.3 Å². The minimum atomic E-state index is -0.108. The topological polar surface area (TPSA) is 35.5 Å². The number of unbranched alkanes of at least 4 members (excludes halogenated alkanes) is 5. The summed E-state index contributed by atoms with van der Waals surface area (Å²) in [5, 5.41) is 0. The van der Waals surface area contributed by atoms with Crippen LogP contribution in [0.25, 0.3) is 0 Å². The highest BCUT2D eigenvalue weighted by Gasteiger charge is 2.22. The Bertz CT molecular complexity index is 865. The highest BCUT2D eigenvalue weighted by atomic mass is 16.5. The van der Waals surface area contributed by atoms with Crippen molar-refractivity contribution in [2.75, 3.05) is 27.2 Å². The molecule has 2 atom stereocenters.